The van der Waals surface area contributed by atoms with Gasteiger partial charge in [0.05, 0.1) is 0 Å². The van der Waals surface area contributed by atoms with Crippen LogP contribution in [0.5, 0.6) is 0 Å². The molecule has 0 saturated carbocycles. The highest BCUT2D eigenvalue weighted by atomic mass is 35.5. The summed E-state index contributed by atoms with van der Waals surface area (Å²) in [7, 11) is 0. The van der Waals surface area contributed by atoms with Crippen LogP contribution in [0.1, 0.15) is 15.9 Å². The largest absolute Gasteiger partial charge is 0.289 e. The van der Waals surface area contributed by atoms with E-state index in [1.807, 2.05) is 10.8 Å². The summed E-state index contributed by atoms with van der Waals surface area (Å²) >= 11 is 13.3. The molecule has 0 aliphatic heterocycles. The van der Waals surface area contributed by atoms with E-state index < -0.39 is 0 Å². The van der Waals surface area contributed by atoms with Gasteiger partial charge in [-0.1, -0.05) is 29.3 Å². The zero-order chi connectivity index (χ0) is 12.3. The second-order valence-electron chi connectivity index (χ2n) is 3.38. The molecule has 0 atom stereocenters. The third-order valence-electron chi connectivity index (χ3n) is 2.18. The number of halogens is 2. The molecule has 0 unspecified atom stereocenters. The number of thiophene rings is 1. The van der Waals surface area contributed by atoms with Crippen molar-refractivity contribution < 1.29 is 4.79 Å². The highest BCUT2D eigenvalue weighted by molar-refractivity contribution is 7.08. The molecule has 4 heteroatoms. The van der Waals surface area contributed by atoms with Crippen molar-refractivity contribution in [2.24, 2.45) is 0 Å². The quantitative estimate of drug-likeness (QED) is 0.575. The summed E-state index contributed by atoms with van der Waals surface area (Å²) in [5, 5.41) is 4.80. The van der Waals surface area contributed by atoms with E-state index in [1.165, 1.54) is 17.4 Å². The monoisotopic (exact) mass is 282 g/mol. The predicted molar refractivity (Wildman–Crippen MR) is 74.1 cm³/mol. The predicted octanol–water partition coefficient (Wildman–Crippen LogP) is 4.95. The maximum absolute atomic E-state index is 11.7. The molecule has 0 amide bonds. The maximum atomic E-state index is 11.7. The second kappa shape index (κ2) is 5.50. The lowest BCUT2D eigenvalue weighted by atomic mass is 10.1. The van der Waals surface area contributed by atoms with Crippen LogP contribution in [0.15, 0.2) is 41.1 Å². The molecule has 2 rings (SSSR count). The Labute approximate surface area is 113 Å². The summed E-state index contributed by atoms with van der Waals surface area (Å²) in [5.41, 5.74) is 1.47. The van der Waals surface area contributed by atoms with Crippen LogP contribution in [0.25, 0.3) is 6.08 Å². The lowest BCUT2D eigenvalue weighted by Gasteiger charge is -1.98. The van der Waals surface area contributed by atoms with Crippen LogP contribution in [0.3, 0.4) is 0 Å². The van der Waals surface area contributed by atoms with Crippen LogP contribution in [0.4, 0.5) is 0 Å². The summed E-state index contributed by atoms with van der Waals surface area (Å²) in [6.45, 7) is 0. The van der Waals surface area contributed by atoms with E-state index in [1.54, 1.807) is 30.3 Å². The van der Waals surface area contributed by atoms with E-state index in [4.69, 9.17) is 23.2 Å². The van der Waals surface area contributed by atoms with Crippen LogP contribution in [-0.4, -0.2) is 5.78 Å². The molecule has 0 N–H and O–H groups in total. The van der Waals surface area contributed by atoms with E-state index in [9.17, 15) is 4.79 Å². The second-order valence-corrected chi connectivity index (χ2v) is 5.00. The molecule has 1 heterocycles. The molecule has 1 aromatic carbocycles. The normalized spacial score (nSPS) is 10.9. The van der Waals surface area contributed by atoms with E-state index in [0.29, 0.717) is 15.6 Å². The van der Waals surface area contributed by atoms with Crippen LogP contribution in [0.2, 0.25) is 10.0 Å². The lowest BCUT2D eigenvalue weighted by Crippen LogP contribution is -1.90. The number of allylic oxidation sites excluding steroid dienone is 1. The van der Waals surface area contributed by atoms with Gasteiger partial charge in [-0.15, -0.1) is 0 Å². The smallest absolute Gasteiger partial charge is 0.186 e. The SMILES string of the molecule is O=C(/C=C/c1ccc(Cl)cc1Cl)c1ccsc1. The molecule has 2 aromatic rings. The first-order valence-electron chi connectivity index (χ1n) is 4.86. The minimum absolute atomic E-state index is 0.0303. The lowest BCUT2D eigenvalue weighted by molar-refractivity contribution is 0.104. The molecule has 0 spiro atoms. The molecule has 0 radical (unpaired) electrons. The van der Waals surface area contributed by atoms with Crippen LogP contribution in [-0.2, 0) is 0 Å². The summed E-state index contributed by atoms with van der Waals surface area (Å²) in [5.74, 6) is -0.0303. The number of ketones is 1. The number of hydrogen-bond donors (Lipinski definition) is 0. The summed E-state index contributed by atoms with van der Waals surface area (Å²) in [6, 6.07) is 6.96. The zero-order valence-electron chi connectivity index (χ0n) is 8.69. The Bertz CT molecular complexity index is 559. The van der Waals surface area contributed by atoms with Gasteiger partial charge in [0.1, 0.15) is 0 Å². The number of rotatable bonds is 3. The van der Waals surface area contributed by atoms with Gasteiger partial charge < -0.3 is 0 Å². The summed E-state index contributed by atoms with van der Waals surface area (Å²) < 4.78 is 0. The van der Waals surface area contributed by atoms with Crippen LogP contribution >= 0.6 is 34.5 Å². The van der Waals surface area contributed by atoms with Crippen molar-refractivity contribution in [1.29, 1.82) is 0 Å². The Morgan fingerprint density at radius 1 is 1.24 bits per heavy atom. The highest BCUT2D eigenvalue weighted by Gasteiger charge is 2.02. The fourth-order valence-electron chi connectivity index (χ4n) is 1.30. The average molecular weight is 283 g/mol. The molecular formula is C13H8Cl2OS. The van der Waals surface area contributed by atoms with E-state index >= 15 is 0 Å². The number of carbonyl (C=O) groups excluding carboxylic acids is 1. The Morgan fingerprint density at radius 2 is 2.06 bits per heavy atom. The average Bonchev–Trinajstić information content (AvgIpc) is 2.81. The number of carbonyl (C=O) groups is 1. The fourth-order valence-corrected chi connectivity index (χ4v) is 2.42. The Morgan fingerprint density at radius 3 is 2.71 bits per heavy atom. The molecule has 1 nitrogen and oxygen atoms in total. The van der Waals surface area contributed by atoms with Gasteiger partial charge in [-0.3, -0.25) is 4.79 Å². The Hall–Kier alpha value is -1.09. The molecule has 86 valence electrons. The van der Waals surface area contributed by atoms with Crippen molar-refractivity contribution in [2.45, 2.75) is 0 Å². The van der Waals surface area contributed by atoms with Gasteiger partial charge in [0.15, 0.2) is 5.78 Å². The molecule has 0 aliphatic carbocycles. The maximum Gasteiger partial charge on any atom is 0.186 e. The highest BCUT2D eigenvalue weighted by Crippen LogP contribution is 2.22. The summed E-state index contributed by atoms with van der Waals surface area (Å²) in [6.07, 6.45) is 3.20. The topological polar surface area (TPSA) is 17.1 Å². The fraction of sp³-hybridized carbons (Fsp3) is 0. The number of hydrogen-bond acceptors (Lipinski definition) is 2. The molecule has 1 aromatic heterocycles. The van der Waals surface area contributed by atoms with Gasteiger partial charge in [-0.25, -0.2) is 0 Å². The van der Waals surface area contributed by atoms with Gasteiger partial charge in [0.25, 0.3) is 0 Å². The van der Waals surface area contributed by atoms with Gasteiger partial charge in [0, 0.05) is 21.0 Å². The van der Waals surface area contributed by atoms with E-state index in [0.717, 1.165) is 5.56 Å². The zero-order valence-corrected chi connectivity index (χ0v) is 11.0. The first kappa shape index (κ1) is 12.4. The molecule has 0 saturated heterocycles. The van der Waals surface area contributed by atoms with Gasteiger partial charge >= 0.3 is 0 Å². The van der Waals surface area contributed by atoms with Crippen molar-refractivity contribution in [3.63, 3.8) is 0 Å². The first-order chi connectivity index (χ1) is 8.16. The molecule has 0 aliphatic rings. The third kappa shape index (κ3) is 3.19. The van der Waals surface area contributed by atoms with Crippen LogP contribution in [0, 0.1) is 0 Å². The van der Waals surface area contributed by atoms with Gasteiger partial charge in [-0.05, 0) is 41.3 Å². The Balaban J connectivity index is 2.18. The molecule has 17 heavy (non-hydrogen) atoms. The minimum Gasteiger partial charge on any atom is -0.289 e. The molecular weight excluding hydrogens is 275 g/mol. The van der Waals surface area contributed by atoms with Crippen molar-refractivity contribution in [3.8, 4) is 0 Å². The minimum atomic E-state index is -0.0303. The summed E-state index contributed by atoms with van der Waals surface area (Å²) in [4.78, 5) is 11.7. The van der Waals surface area contributed by atoms with Crippen LogP contribution < -0.4 is 0 Å². The number of benzene rings is 1. The van der Waals surface area contributed by atoms with Gasteiger partial charge in [0.2, 0.25) is 0 Å². The van der Waals surface area contributed by atoms with Crippen molar-refractivity contribution in [2.75, 3.05) is 0 Å². The standard InChI is InChI=1S/C13H8Cl2OS/c14-11-3-1-9(12(15)7-11)2-4-13(16)10-5-6-17-8-10/h1-8H/b4-2+. The van der Waals surface area contributed by atoms with Crippen molar-refractivity contribution in [3.05, 3.63) is 62.3 Å². The first-order valence-corrected chi connectivity index (χ1v) is 6.56. The molecule has 0 fully saturated rings. The van der Waals surface area contributed by atoms with E-state index in [2.05, 4.69) is 0 Å². The van der Waals surface area contributed by atoms with Crippen molar-refractivity contribution in [1.82, 2.24) is 0 Å². The van der Waals surface area contributed by atoms with E-state index in [-0.39, 0.29) is 5.78 Å². The van der Waals surface area contributed by atoms with Crippen molar-refractivity contribution >= 4 is 46.4 Å². The third-order valence-corrected chi connectivity index (χ3v) is 3.43. The van der Waals surface area contributed by atoms with Gasteiger partial charge in [-0.2, -0.15) is 11.3 Å². The molecule has 0 bridgehead atoms. The Kier molecular flexibility index (Phi) is 4.00.